The van der Waals surface area contributed by atoms with Crippen LogP contribution in [-0.2, 0) is 4.79 Å². The van der Waals surface area contributed by atoms with Crippen molar-refractivity contribution in [1.82, 2.24) is 4.90 Å². The molecular formula is C20H27NO3. The highest BCUT2D eigenvalue weighted by Crippen LogP contribution is 2.49. The van der Waals surface area contributed by atoms with Crippen LogP contribution >= 0.6 is 0 Å². The van der Waals surface area contributed by atoms with Gasteiger partial charge in [-0.25, -0.2) is 0 Å². The van der Waals surface area contributed by atoms with Crippen LogP contribution in [0.2, 0.25) is 0 Å². The topological polar surface area (TPSA) is 49.8 Å². The van der Waals surface area contributed by atoms with Crippen molar-refractivity contribution in [2.24, 2.45) is 11.3 Å². The zero-order chi connectivity index (χ0) is 16.7. The third-order valence-corrected chi connectivity index (χ3v) is 6.44. The Morgan fingerprint density at radius 3 is 2.58 bits per heavy atom. The van der Waals surface area contributed by atoms with Gasteiger partial charge in [-0.1, -0.05) is 12.1 Å². The second-order valence-corrected chi connectivity index (χ2v) is 8.07. The van der Waals surface area contributed by atoms with Gasteiger partial charge in [0.1, 0.15) is 5.75 Å². The number of likely N-dealkylation sites (tertiary alicyclic amines) is 1. The number of carbonyl (C=O) groups is 1. The van der Waals surface area contributed by atoms with Crippen LogP contribution in [0.25, 0.3) is 0 Å². The lowest BCUT2D eigenvalue weighted by atomic mass is 9.64. The van der Waals surface area contributed by atoms with Gasteiger partial charge in [-0.2, -0.15) is 0 Å². The number of carbonyl (C=O) groups excluding carboxylic acids is 1. The summed E-state index contributed by atoms with van der Waals surface area (Å²) >= 11 is 0. The number of aliphatic hydroxyl groups excluding tert-OH is 1. The van der Waals surface area contributed by atoms with Gasteiger partial charge in [0.05, 0.1) is 13.2 Å². The van der Waals surface area contributed by atoms with E-state index in [2.05, 4.69) is 18.2 Å². The molecule has 0 atom stereocenters. The maximum atomic E-state index is 12.3. The summed E-state index contributed by atoms with van der Waals surface area (Å²) in [6.07, 6.45) is 5.93. The fourth-order valence-corrected chi connectivity index (χ4v) is 4.74. The highest BCUT2D eigenvalue weighted by atomic mass is 16.5. The molecule has 3 fully saturated rings. The summed E-state index contributed by atoms with van der Waals surface area (Å²) in [5.74, 6) is 1.93. The molecule has 4 nitrogen and oxygen atoms in total. The Morgan fingerprint density at radius 2 is 1.96 bits per heavy atom. The van der Waals surface area contributed by atoms with Gasteiger partial charge in [-0.15, -0.1) is 0 Å². The van der Waals surface area contributed by atoms with Crippen molar-refractivity contribution >= 4 is 5.91 Å². The van der Waals surface area contributed by atoms with E-state index in [1.165, 1.54) is 31.2 Å². The highest BCUT2D eigenvalue weighted by molar-refractivity contribution is 5.80. The number of amides is 1. The second kappa shape index (κ2) is 6.07. The van der Waals surface area contributed by atoms with Crippen molar-refractivity contribution in [1.29, 1.82) is 0 Å². The van der Waals surface area contributed by atoms with Gasteiger partial charge >= 0.3 is 0 Å². The predicted octanol–water partition coefficient (Wildman–Crippen LogP) is 2.95. The lowest BCUT2D eigenvalue weighted by Gasteiger charge is -2.55. The minimum Gasteiger partial charge on any atom is -0.497 e. The van der Waals surface area contributed by atoms with E-state index >= 15 is 0 Å². The van der Waals surface area contributed by atoms with Crippen molar-refractivity contribution in [3.05, 3.63) is 29.8 Å². The Balaban J connectivity index is 1.30. The van der Waals surface area contributed by atoms with Gasteiger partial charge in [0.25, 0.3) is 0 Å². The summed E-state index contributed by atoms with van der Waals surface area (Å²) in [6.45, 7) is 1.87. The molecule has 0 bridgehead atoms. The minimum absolute atomic E-state index is 0.0884. The zero-order valence-electron chi connectivity index (χ0n) is 14.4. The highest BCUT2D eigenvalue weighted by Gasteiger charge is 2.49. The number of aliphatic hydroxyl groups is 1. The first kappa shape index (κ1) is 15.9. The largest absolute Gasteiger partial charge is 0.497 e. The Bertz CT molecular complexity index is 607. The maximum Gasteiger partial charge on any atom is 0.225 e. The van der Waals surface area contributed by atoms with Gasteiger partial charge < -0.3 is 14.7 Å². The summed E-state index contributed by atoms with van der Waals surface area (Å²) in [5, 5.41) is 9.38. The van der Waals surface area contributed by atoms with E-state index in [1.807, 2.05) is 11.0 Å². The molecular weight excluding hydrogens is 302 g/mol. The van der Waals surface area contributed by atoms with Gasteiger partial charge in [0.2, 0.25) is 5.91 Å². The standard InChI is InChI=1S/C20H27NO3/c1-24-18-4-2-3-15(11-18)14-5-7-20(8-6-14)12-21(13-20)19(23)16-9-17(22)10-16/h2-4,11,14,16-17,22H,5-10,12-13H2,1H3/t16-,17+. The Kier molecular flexibility index (Phi) is 4.03. The molecule has 2 aliphatic carbocycles. The average molecular weight is 329 g/mol. The van der Waals surface area contributed by atoms with E-state index in [0.717, 1.165) is 18.8 Å². The minimum atomic E-state index is -0.243. The van der Waals surface area contributed by atoms with Gasteiger partial charge in [0.15, 0.2) is 0 Å². The van der Waals surface area contributed by atoms with Crippen molar-refractivity contribution in [3.8, 4) is 5.75 Å². The third-order valence-electron chi connectivity index (χ3n) is 6.44. The number of nitrogens with zero attached hydrogens (tertiary/aromatic N) is 1. The lowest BCUT2D eigenvalue weighted by Crippen LogP contribution is -2.61. The Hall–Kier alpha value is -1.55. The van der Waals surface area contributed by atoms with Crippen LogP contribution in [0.4, 0.5) is 0 Å². The monoisotopic (exact) mass is 329 g/mol. The number of ether oxygens (including phenoxy) is 1. The van der Waals surface area contributed by atoms with E-state index in [4.69, 9.17) is 4.74 Å². The molecule has 1 amide bonds. The van der Waals surface area contributed by atoms with E-state index < -0.39 is 0 Å². The van der Waals surface area contributed by atoms with E-state index in [1.54, 1.807) is 7.11 Å². The normalized spacial score (nSPS) is 29.0. The third kappa shape index (κ3) is 2.81. The van der Waals surface area contributed by atoms with Crippen molar-refractivity contribution < 1.29 is 14.6 Å². The van der Waals surface area contributed by atoms with Crippen molar-refractivity contribution in [2.45, 2.75) is 50.5 Å². The summed E-state index contributed by atoms with van der Waals surface area (Å²) in [5.41, 5.74) is 1.76. The molecule has 4 rings (SSSR count). The molecule has 1 heterocycles. The first-order valence-electron chi connectivity index (χ1n) is 9.19. The molecule has 24 heavy (non-hydrogen) atoms. The smallest absolute Gasteiger partial charge is 0.225 e. The quantitative estimate of drug-likeness (QED) is 0.927. The van der Waals surface area contributed by atoms with E-state index in [0.29, 0.717) is 24.2 Å². The van der Waals surface area contributed by atoms with Crippen LogP contribution in [-0.4, -0.2) is 42.2 Å². The Morgan fingerprint density at radius 1 is 1.25 bits per heavy atom. The summed E-state index contributed by atoms with van der Waals surface area (Å²) in [7, 11) is 1.72. The molecule has 0 unspecified atom stereocenters. The predicted molar refractivity (Wildman–Crippen MR) is 91.9 cm³/mol. The molecule has 1 aromatic rings. The Labute approximate surface area is 143 Å². The molecule has 1 saturated heterocycles. The van der Waals surface area contributed by atoms with Crippen LogP contribution in [0, 0.1) is 11.3 Å². The van der Waals surface area contributed by atoms with Gasteiger partial charge in [0, 0.05) is 24.4 Å². The molecule has 1 N–H and O–H groups in total. The van der Waals surface area contributed by atoms with Crippen LogP contribution in [0.15, 0.2) is 24.3 Å². The SMILES string of the molecule is COc1cccc(C2CCC3(CC2)CN(C(=O)[C@H]2C[C@@H](O)C2)C3)c1. The number of methoxy groups -OCH3 is 1. The number of rotatable bonds is 3. The molecule has 2 saturated carbocycles. The summed E-state index contributed by atoms with van der Waals surface area (Å²) in [4.78, 5) is 14.4. The van der Waals surface area contributed by atoms with Gasteiger partial charge in [-0.3, -0.25) is 4.79 Å². The summed E-state index contributed by atoms with van der Waals surface area (Å²) < 4.78 is 5.34. The van der Waals surface area contributed by atoms with Gasteiger partial charge in [-0.05, 0) is 62.1 Å². The molecule has 1 aromatic carbocycles. The average Bonchev–Trinajstić information content (AvgIpc) is 2.56. The molecule has 1 aliphatic heterocycles. The molecule has 0 radical (unpaired) electrons. The van der Waals surface area contributed by atoms with E-state index in [9.17, 15) is 9.90 Å². The molecule has 0 aromatic heterocycles. The summed E-state index contributed by atoms with van der Waals surface area (Å²) in [6, 6.07) is 8.46. The second-order valence-electron chi connectivity index (χ2n) is 8.07. The molecule has 3 aliphatic rings. The zero-order valence-corrected chi connectivity index (χ0v) is 14.4. The number of hydrogen-bond donors (Lipinski definition) is 1. The first-order chi connectivity index (χ1) is 11.6. The molecule has 4 heteroatoms. The van der Waals surface area contributed by atoms with Crippen LogP contribution in [0.3, 0.4) is 0 Å². The van der Waals surface area contributed by atoms with Crippen LogP contribution in [0.1, 0.15) is 50.0 Å². The number of hydrogen-bond acceptors (Lipinski definition) is 3. The van der Waals surface area contributed by atoms with E-state index in [-0.39, 0.29) is 17.9 Å². The van der Waals surface area contributed by atoms with Crippen molar-refractivity contribution in [2.75, 3.05) is 20.2 Å². The van der Waals surface area contributed by atoms with Crippen LogP contribution in [0.5, 0.6) is 5.75 Å². The lowest BCUT2D eigenvalue weighted by molar-refractivity contribution is -0.157. The molecule has 130 valence electrons. The fraction of sp³-hybridized carbons (Fsp3) is 0.650. The fourth-order valence-electron chi connectivity index (χ4n) is 4.74. The first-order valence-corrected chi connectivity index (χ1v) is 9.19. The number of benzene rings is 1. The van der Waals surface area contributed by atoms with Crippen LogP contribution < -0.4 is 4.74 Å². The molecule has 1 spiro atoms. The van der Waals surface area contributed by atoms with Crippen molar-refractivity contribution in [3.63, 3.8) is 0 Å². The maximum absolute atomic E-state index is 12.3.